The van der Waals surface area contributed by atoms with Crippen LogP contribution < -0.4 is 14.2 Å². The Morgan fingerprint density at radius 3 is 1.19 bits per heavy atom. The number of alkyl halides is 6. The maximum Gasteiger partial charge on any atom is 0.310 e. The zero-order chi connectivity index (χ0) is 55.1. The highest BCUT2D eigenvalue weighted by atomic mass is 32.2. The fourth-order valence-corrected chi connectivity index (χ4v) is 9.69. The number of rotatable bonds is 23. The first-order valence-corrected chi connectivity index (χ1v) is 27.4. The number of carbonyl (C=O) groups excluding carboxylic acids is 3. The number of nitrogens with zero attached hydrogens (tertiary/aromatic N) is 3. The third-order valence-electron chi connectivity index (χ3n) is 10.9. The quantitative estimate of drug-likeness (QED) is 0.0402. The Labute approximate surface area is 430 Å². The average Bonchev–Trinajstić information content (AvgIpc) is 4.20. The molecule has 0 bridgehead atoms. The highest BCUT2D eigenvalue weighted by Gasteiger charge is 2.51. The molecule has 15 nitrogen and oxygen atoms in total. The van der Waals surface area contributed by atoms with Gasteiger partial charge in [-0.25, -0.2) is 42.8 Å². The summed E-state index contributed by atoms with van der Waals surface area (Å²) in [5.74, 6) is -11.7. The molecule has 1 saturated carbocycles. The van der Waals surface area contributed by atoms with Gasteiger partial charge >= 0.3 is 11.8 Å². The molecule has 0 unspecified atom stereocenters. The van der Waals surface area contributed by atoms with E-state index in [1.165, 1.54) is 117 Å². The van der Waals surface area contributed by atoms with Gasteiger partial charge in [-0.15, -0.1) is 0 Å². The summed E-state index contributed by atoms with van der Waals surface area (Å²) in [5.41, 5.74) is 1.36. The molecular weight excluding hydrogens is 1050 g/mol. The van der Waals surface area contributed by atoms with Gasteiger partial charge in [0.1, 0.15) is 14.7 Å². The standard InChI is InChI=1S/C17H16F4N2O3S.C17H18F2N2O3S.C17H18N2O3S/c1-16(18,19)17(20,21)8-7-15(24)12-4-2-5-13(10-12)23-27(25,26)14-6-3-9-22-11-14;1-17(18,19)9-3-8-16(22)13-5-2-6-14(11-13)21-25(23,24)15-7-4-10-20-12-15;20-17(9-8-13-6-7-13)14-3-1-4-15(11-14)19-23(21,22)16-5-2-10-18-12-16/h2-6,9-11,23H,7-8H2,1H3;2,4-7,10-12,21H,3,8-9H2,1H3;1-5,10-13,19H,6-9H2. The van der Waals surface area contributed by atoms with Gasteiger partial charge in [0, 0.05) is 110 Å². The van der Waals surface area contributed by atoms with Gasteiger partial charge in [0.25, 0.3) is 30.1 Å². The molecule has 3 heterocycles. The summed E-state index contributed by atoms with van der Waals surface area (Å²) in [6.45, 7) is 0.899. The van der Waals surface area contributed by atoms with Gasteiger partial charge in [-0.1, -0.05) is 49.2 Å². The molecule has 3 N–H and O–H groups in total. The van der Waals surface area contributed by atoms with Gasteiger partial charge in [-0.3, -0.25) is 43.5 Å². The van der Waals surface area contributed by atoms with Crippen molar-refractivity contribution in [3.8, 4) is 0 Å². The van der Waals surface area contributed by atoms with Crippen molar-refractivity contribution in [1.82, 2.24) is 15.0 Å². The molecule has 0 spiro atoms. The van der Waals surface area contributed by atoms with Crippen LogP contribution in [-0.4, -0.2) is 75.3 Å². The number of nitrogens with one attached hydrogen (secondary N) is 3. The molecule has 24 heteroatoms. The van der Waals surface area contributed by atoms with Crippen LogP contribution in [0.2, 0.25) is 0 Å². The van der Waals surface area contributed by atoms with Crippen LogP contribution in [0.1, 0.15) is 103 Å². The van der Waals surface area contributed by atoms with Crippen molar-refractivity contribution in [1.29, 1.82) is 0 Å². The molecule has 0 amide bonds. The second-order valence-electron chi connectivity index (χ2n) is 17.4. The SMILES string of the molecule is CC(F)(F)C(F)(F)CCC(=O)c1cccc(NS(=O)(=O)c2cccnc2)c1.CC(F)(F)CCCC(=O)c1cccc(NS(=O)(=O)c2cccnc2)c1.O=C(CCC1CC1)c1cccc(NS(=O)(=O)c2cccnc2)c1. The normalized spacial score (nSPS) is 13.0. The van der Waals surface area contributed by atoms with Crippen molar-refractivity contribution >= 4 is 64.5 Å². The minimum atomic E-state index is -4.32. The minimum absolute atomic E-state index is 0.00286. The topological polar surface area (TPSA) is 228 Å². The summed E-state index contributed by atoms with van der Waals surface area (Å²) in [6.07, 6.45) is 9.41. The van der Waals surface area contributed by atoms with E-state index in [-0.39, 0.29) is 74.9 Å². The Morgan fingerprint density at radius 1 is 0.507 bits per heavy atom. The van der Waals surface area contributed by atoms with E-state index in [4.69, 9.17) is 0 Å². The number of hydrogen-bond acceptors (Lipinski definition) is 12. The van der Waals surface area contributed by atoms with E-state index in [9.17, 15) is 66.0 Å². The summed E-state index contributed by atoms with van der Waals surface area (Å²) >= 11 is 0. The fraction of sp³-hybridized carbons (Fsp3) is 0.294. The van der Waals surface area contributed by atoms with E-state index < -0.39 is 66.5 Å². The number of Topliss-reactive ketones (excluding diaryl/α,β-unsaturated/α-hetero) is 3. The lowest BCUT2D eigenvalue weighted by atomic mass is 10.0. The number of anilines is 3. The van der Waals surface area contributed by atoms with Crippen LogP contribution >= 0.6 is 0 Å². The van der Waals surface area contributed by atoms with E-state index in [1.807, 2.05) is 0 Å². The summed E-state index contributed by atoms with van der Waals surface area (Å²) < 4.78 is 158. The first kappa shape index (κ1) is 58.8. The highest BCUT2D eigenvalue weighted by molar-refractivity contribution is 7.93. The molecule has 3 aromatic carbocycles. The van der Waals surface area contributed by atoms with Gasteiger partial charge < -0.3 is 0 Å². The largest absolute Gasteiger partial charge is 0.310 e. The van der Waals surface area contributed by atoms with Crippen LogP contribution in [0.3, 0.4) is 0 Å². The molecule has 3 aromatic heterocycles. The van der Waals surface area contributed by atoms with E-state index in [0.717, 1.165) is 25.6 Å². The fourth-order valence-electron chi connectivity index (χ4n) is 6.65. The molecule has 1 aliphatic carbocycles. The zero-order valence-electron chi connectivity index (χ0n) is 40.3. The molecule has 7 rings (SSSR count). The Hall–Kier alpha value is -7.05. The maximum absolute atomic E-state index is 13.3. The van der Waals surface area contributed by atoms with Crippen molar-refractivity contribution in [3.05, 3.63) is 163 Å². The summed E-state index contributed by atoms with van der Waals surface area (Å²) in [6, 6.07) is 26.4. The monoisotopic (exact) mass is 1100 g/mol. The van der Waals surface area contributed by atoms with Crippen LogP contribution in [0.15, 0.2) is 161 Å². The Kier molecular flexibility index (Phi) is 20.0. The number of sulfonamides is 3. The molecule has 0 aliphatic heterocycles. The van der Waals surface area contributed by atoms with E-state index in [2.05, 4.69) is 29.1 Å². The lowest BCUT2D eigenvalue weighted by Crippen LogP contribution is -2.37. The second kappa shape index (κ2) is 25.5. The summed E-state index contributed by atoms with van der Waals surface area (Å²) in [7, 11) is -11.5. The number of pyridine rings is 3. The molecule has 0 saturated heterocycles. The number of ketones is 3. The van der Waals surface area contributed by atoms with Crippen LogP contribution in [0.4, 0.5) is 43.4 Å². The van der Waals surface area contributed by atoms with E-state index in [0.29, 0.717) is 23.6 Å². The Bertz CT molecular complexity index is 3240. The lowest BCUT2D eigenvalue weighted by Gasteiger charge is -2.22. The van der Waals surface area contributed by atoms with Crippen molar-refractivity contribution < 1.29 is 66.0 Å². The van der Waals surface area contributed by atoms with Crippen LogP contribution in [0.25, 0.3) is 0 Å². The van der Waals surface area contributed by atoms with Gasteiger partial charge in [-0.2, -0.15) is 8.78 Å². The van der Waals surface area contributed by atoms with Crippen molar-refractivity contribution in [3.63, 3.8) is 0 Å². The maximum atomic E-state index is 13.3. The van der Waals surface area contributed by atoms with Gasteiger partial charge in [0.05, 0.1) is 0 Å². The lowest BCUT2D eigenvalue weighted by molar-refractivity contribution is -0.200. The number of carbonyl (C=O) groups is 3. The smallest absolute Gasteiger partial charge is 0.294 e. The van der Waals surface area contributed by atoms with Crippen molar-refractivity contribution in [2.45, 2.75) is 104 Å². The molecule has 400 valence electrons. The minimum Gasteiger partial charge on any atom is -0.294 e. The van der Waals surface area contributed by atoms with E-state index >= 15 is 0 Å². The van der Waals surface area contributed by atoms with Crippen molar-refractivity contribution in [2.75, 3.05) is 14.2 Å². The molecular formula is C51H52F6N6O9S3. The van der Waals surface area contributed by atoms with Gasteiger partial charge in [0.15, 0.2) is 17.3 Å². The highest BCUT2D eigenvalue weighted by Crippen LogP contribution is 2.38. The summed E-state index contributed by atoms with van der Waals surface area (Å²) in [4.78, 5) is 47.6. The number of benzene rings is 3. The predicted molar refractivity (Wildman–Crippen MR) is 269 cm³/mol. The second-order valence-corrected chi connectivity index (χ2v) is 22.4. The molecule has 0 radical (unpaired) electrons. The Morgan fingerprint density at radius 2 is 0.867 bits per heavy atom. The zero-order valence-corrected chi connectivity index (χ0v) is 42.8. The number of halogens is 6. The molecule has 1 aliphatic rings. The molecule has 1 fully saturated rings. The van der Waals surface area contributed by atoms with Crippen molar-refractivity contribution in [2.24, 2.45) is 5.92 Å². The van der Waals surface area contributed by atoms with Gasteiger partial charge in [0.2, 0.25) is 5.92 Å². The number of hydrogen-bond donors (Lipinski definition) is 3. The third kappa shape index (κ3) is 19.0. The first-order valence-electron chi connectivity index (χ1n) is 23.0. The molecule has 6 aromatic rings. The number of aromatic nitrogens is 3. The third-order valence-corrected chi connectivity index (χ3v) is 15.0. The molecule has 0 atom stereocenters. The van der Waals surface area contributed by atoms with Crippen LogP contribution in [0, 0.1) is 5.92 Å². The first-order chi connectivity index (χ1) is 35.1. The van der Waals surface area contributed by atoms with Crippen LogP contribution in [0.5, 0.6) is 0 Å². The molecule has 75 heavy (non-hydrogen) atoms. The summed E-state index contributed by atoms with van der Waals surface area (Å²) in [5, 5.41) is 0. The Balaban J connectivity index is 0.000000209. The van der Waals surface area contributed by atoms with Gasteiger partial charge in [-0.05, 0) is 98.5 Å². The average molecular weight is 1100 g/mol. The van der Waals surface area contributed by atoms with E-state index in [1.54, 1.807) is 30.3 Å². The van der Waals surface area contributed by atoms with Crippen LogP contribution in [-0.2, 0) is 30.1 Å². The predicted octanol–water partition coefficient (Wildman–Crippen LogP) is 11.3.